The molecule has 6 heteroatoms. The summed E-state index contributed by atoms with van der Waals surface area (Å²) in [5, 5.41) is 0. The summed E-state index contributed by atoms with van der Waals surface area (Å²) < 4.78 is 16.8. The van der Waals surface area contributed by atoms with Gasteiger partial charge in [0.2, 0.25) is 0 Å². The predicted octanol–water partition coefficient (Wildman–Crippen LogP) is 22.0. The van der Waals surface area contributed by atoms with Crippen molar-refractivity contribution in [3.05, 3.63) is 122 Å². The summed E-state index contributed by atoms with van der Waals surface area (Å²) in [7, 11) is 0. The van der Waals surface area contributed by atoms with E-state index in [1.807, 2.05) is 6.08 Å². The molecule has 0 radical (unpaired) electrons. The van der Waals surface area contributed by atoms with Crippen molar-refractivity contribution in [3.63, 3.8) is 0 Å². The first kappa shape index (κ1) is 72.8. The van der Waals surface area contributed by atoms with Crippen molar-refractivity contribution < 1.29 is 28.6 Å². The Morgan fingerprint density at radius 2 is 0.532 bits per heavy atom. The summed E-state index contributed by atoms with van der Waals surface area (Å²) in [6, 6.07) is 0. The van der Waals surface area contributed by atoms with Crippen LogP contribution >= 0.6 is 0 Å². The second-order valence-electron chi connectivity index (χ2n) is 20.9. The summed E-state index contributed by atoms with van der Waals surface area (Å²) >= 11 is 0. The van der Waals surface area contributed by atoms with E-state index in [1.165, 1.54) is 135 Å². The second kappa shape index (κ2) is 64.3. The van der Waals surface area contributed by atoms with E-state index >= 15 is 0 Å². The van der Waals surface area contributed by atoms with Crippen molar-refractivity contribution in [2.45, 2.75) is 297 Å². The molecule has 0 rings (SSSR count). The Balaban J connectivity index is 4.37. The van der Waals surface area contributed by atoms with Crippen LogP contribution in [0, 0.1) is 0 Å². The number of esters is 3. The maximum atomic E-state index is 12.9. The van der Waals surface area contributed by atoms with Crippen LogP contribution in [0.4, 0.5) is 0 Å². The zero-order valence-electron chi connectivity index (χ0n) is 50.2. The molecule has 0 saturated carbocycles. The Bertz CT molecular complexity index is 1600. The first-order chi connectivity index (χ1) is 38.0. The molecule has 0 aromatic carbocycles. The zero-order valence-corrected chi connectivity index (χ0v) is 50.2. The smallest absolute Gasteiger partial charge is 0.306 e. The maximum Gasteiger partial charge on any atom is 0.306 e. The highest BCUT2D eigenvalue weighted by molar-refractivity contribution is 5.71. The number of carbonyl (C=O) groups excluding carboxylic acids is 3. The van der Waals surface area contributed by atoms with Crippen molar-refractivity contribution in [1.29, 1.82) is 0 Å². The fourth-order valence-corrected chi connectivity index (χ4v) is 8.76. The molecule has 0 heterocycles. The number of carbonyl (C=O) groups is 3. The summed E-state index contributed by atoms with van der Waals surface area (Å²) in [5.41, 5.74) is 0. The Morgan fingerprint density at radius 3 is 0.870 bits per heavy atom. The third-order valence-electron chi connectivity index (χ3n) is 13.5. The fraction of sp³-hybridized carbons (Fsp3) is 0.676. The molecule has 0 aromatic rings. The minimum Gasteiger partial charge on any atom is -0.462 e. The summed E-state index contributed by atoms with van der Waals surface area (Å²) in [6.07, 6.45) is 89.4. The van der Waals surface area contributed by atoms with Crippen molar-refractivity contribution in [1.82, 2.24) is 0 Å². The lowest BCUT2D eigenvalue weighted by Crippen LogP contribution is -2.30. The van der Waals surface area contributed by atoms with Gasteiger partial charge in [-0.15, -0.1) is 0 Å². The Kier molecular flexibility index (Phi) is 60.8. The molecular formula is C71H118O6. The summed E-state index contributed by atoms with van der Waals surface area (Å²) in [5.74, 6) is -0.990. The largest absolute Gasteiger partial charge is 0.462 e. The highest BCUT2D eigenvalue weighted by atomic mass is 16.6. The topological polar surface area (TPSA) is 78.9 Å². The van der Waals surface area contributed by atoms with Gasteiger partial charge in [0.25, 0.3) is 0 Å². The lowest BCUT2D eigenvalue weighted by atomic mass is 10.0. The van der Waals surface area contributed by atoms with Crippen LogP contribution < -0.4 is 0 Å². The first-order valence-electron chi connectivity index (χ1n) is 32.0. The van der Waals surface area contributed by atoms with E-state index in [0.717, 1.165) is 109 Å². The van der Waals surface area contributed by atoms with Gasteiger partial charge in [-0.25, -0.2) is 0 Å². The third kappa shape index (κ3) is 62.5. The molecule has 0 amide bonds. The van der Waals surface area contributed by atoms with E-state index in [0.29, 0.717) is 19.3 Å². The average molecular weight is 1070 g/mol. The van der Waals surface area contributed by atoms with E-state index in [2.05, 4.69) is 136 Å². The van der Waals surface area contributed by atoms with Crippen molar-refractivity contribution >= 4 is 17.9 Å². The molecule has 1 atom stereocenters. The minimum absolute atomic E-state index is 0.105. The van der Waals surface area contributed by atoms with Gasteiger partial charge in [-0.1, -0.05) is 296 Å². The molecule has 0 spiro atoms. The number of allylic oxidation sites excluding steroid dienone is 20. The molecule has 6 nitrogen and oxygen atoms in total. The SMILES string of the molecule is CC/C=C\C/C=C\C/C=C\C/C=C\C/C=C\C/C=C\CCCCCCCCCCC(=O)OCC(COC(=O)CC/C=C\C/C=C\C/C=C\C/C=C\CC)OC(=O)CCCCCCCCCCCCCCCCCCCCC. The van der Waals surface area contributed by atoms with Crippen LogP contribution in [-0.4, -0.2) is 37.2 Å². The molecule has 0 bridgehead atoms. The maximum absolute atomic E-state index is 12.9. The van der Waals surface area contributed by atoms with E-state index in [4.69, 9.17) is 14.2 Å². The Labute approximate surface area is 475 Å². The van der Waals surface area contributed by atoms with Gasteiger partial charge in [0.15, 0.2) is 6.10 Å². The quantitative estimate of drug-likeness (QED) is 0.0261. The van der Waals surface area contributed by atoms with Crippen LogP contribution in [0.25, 0.3) is 0 Å². The molecule has 77 heavy (non-hydrogen) atoms. The zero-order chi connectivity index (χ0) is 55.7. The van der Waals surface area contributed by atoms with Crippen LogP contribution in [0.1, 0.15) is 290 Å². The fourth-order valence-electron chi connectivity index (χ4n) is 8.76. The number of ether oxygens (including phenoxy) is 3. The summed E-state index contributed by atoms with van der Waals surface area (Å²) in [6.45, 7) is 6.36. The molecule has 0 fully saturated rings. The molecule has 0 aliphatic heterocycles. The van der Waals surface area contributed by atoms with Crippen LogP contribution in [0.15, 0.2) is 122 Å². The normalized spacial score (nSPS) is 12.9. The highest BCUT2D eigenvalue weighted by Crippen LogP contribution is 2.16. The van der Waals surface area contributed by atoms with E-state index in [-0.39, 0.29) is 37.5 Å². The van der Waals surface area contributed by atoms with Crippen LogP contribution in [0.2, 0.25) is 0 Å². The van der Waals surface area contributed by atoms with Gasteiger partial charge in [0.05, 0.1) is 0 Å². The lowest BCUT2D eigenvalue weighted by molar-refractivity contribution is -0.166. The Morgan fingerprint density at radius 1 is 0.273 bits per heavy atom. The van der Waals surface area contributed by atoms with Crippen molar-refractivity contribution in [2.24, 2.45) is 0 Å². The van der Waals surface area contributed by atoms with Crippen LogP contribution in [0.3, 0.4) is 0 Å². The van der Waals surface area contributed by atoms with Gasteiger partial charge in [-0.3, -0.25) is 14.4 Å². The van der Waals surface area contributed by atoms with Gasteiger partial charge < -0.3 is 14.2 Å². The number of hydrogen-bond acceptors (Lipinski definition) is 6. The molecule has 0 aromatic heterocycles. The van der Waals surface area contributed by atoms with Crippen LogP contribution in [-0.2, 0) is 28.6 Å². The number of unbranched alkanes of at least 4 members (excludes halogenated alkanes) is 26. The average Bonchev–Trinajstić information content (AvgIpc) is 3.43. The standard InChI is InChI=1S/C71H118O6/c1-4-7-10-13-16-19-22-25-27-29-31-32-33-34-35-36-37-38-40-41-43-46-49-52-55-58-61-64-70(73)76-67-68(66-75-69(72)63-60-57-54-51-48-45-24-21-18-15-12-9-6-3)77-71(74)65-62-59-56-53-50-47-44-42-39-30-28-26-23-20-17-14-11-8-5-2/h7,9-10,12,16,18-19,21,25,27,31-32,34-35,37-38,45,48,54,57,68H,4-6,8,11,13-15,17,20,22-24,26,28-30,33,36,39-44,46-47,49-53,55-56,58-67H2,1-3H3/b10-7-,12-9-,19-16-,21-18-,27-25-,32-31-,35-34-,38-37-,48-45-,57-54-. The lowest BCUT2D eigenvalue weighted by Gasteiger charge is -2.18. The Hall–Kier alpha value is -4.19. The third-order valence-corrected chi connectivity index (χ3v) is 13.5. The number of rotatable bonds is 57. The van der Waals surface area contributed by atoms with Gasteiger partial charge in [0, 0.05) is 19.3 Å². The van der Waals surface area contributed by atoms with Gasteiger partial charge in [-0.2, -0.15) is 0 Å². The van der Waals surface area contributed by atoms with E-state index in [1.54, 1.807) is 0 Å². The second-order valence-corrected chi connectivity index (χ2v) is 20.9. The van der Waals surface area contributed by atoms with Crippen LogP contribution in [0.5, 0.6) is 0 Å². The minimum atomic E-state index is -0.813. The molecule has 0 aliphatic carbocycles. The van der Waals surface area contributed by atoms with Gasteiger partial charge >= 0.3 is 17.9 Å². The molecule has 0 saturated heterocycles. The van der Waals surface area contributed by atoms with Crippen molar-refractivity contribution in [2.75, 3.05) is 13.2 Å². The highest BCUT2D eigenvalue weighted by Gasteiger charge is 2.19. The predicted molar refractivity (Wildman–Crippen MR) is 334 cm³/mol. The van der Waals surface area contributed by atoms with E-state index < -0.39 is 6.10 Å². The van der Waals surface area contributed by atoms with E-state index in [9.17, 15) is 14.4 Å². The van der Waals surface area contributed by atoms with Gasteiger partial charge in [0.1, 0.15) is 13.2 Å². The van der Waals surface area contributed by atoms with Crippen molar-refractivity contribution in [3.8, 4) is 0 Å². The molecule has 0 N–H and O–H groups in total. The molecular weight excluding hydrogens is 949 g/mol. The first-order valence-corrected chi connectivity index (χ1v) is 32.0. The van der Waals surface area contributed by atoms with Gasteiger partial charge in [-0.05, 0) is 96.3 Å². The monoisotopic (exact) mass is 1070 g/mol. The molecule has 438 valence electrons. The summed E-state index contributed by atoms with van der Waals surface area (Å²) in [4.78, 5) is 38.3. The molecule has 1 unspecified atom stereocenters. The molecule has 0 aliphatic rings. The number of hydrogen-bond donors (Lipinski definition) is 0.